The Kier molecular flexibility index (Phi) is 7.83. The Bertz CT molecular complexity index is 732. The molecule has 1 aromatic rings. The highest BCUT2D eigenvalue weighted by atomic mass is 19.1. The maximum Gasteiger partial charge on any atom is 0.332 e. The molecule has 1 aliphatic rings. The molecule has 1 aromatic carbocycles. The molecule has 0 aromatic heterocycles. The second-order valence-corrected chi connectivity index (χ2v) is 7.32. The Hall–Kier alpha value is -2.36. The third-order valence-electron chi connectivity index (χ3n) is 5.53. The number of carbonyl (C=O) groups is 3. The summed E-state index contributed by atoms with van der Waals surface area (Å²) in [4.78, 5) is 38.4. The summed E-state index contributed by atoms with van der Waals surface area (Å²) < 4.78 is 14.2. The number of carboxylic acids is 2. The Morgan fingerprint density at radius 3 is 2.38 bits per heavy atom. The van der Waals surface area contributed by atoms with Gasteiger partial charge >= 0.3 is 11.9 Å². The van der Waals surface area contributed by atoms with Crippen molar-refractivity contribution in [1.29, 1.82) is 0 Å². The van der Waals surface area contributed by atoms with Crippen LogP contribution in [0.25, 0.3) is 0 Å². The highest BCUT2D eigenvalue weighted by Crippen LogP contribution is 2.35. The van der Waals surface area contributed by atoms with Gasteiger partial charge in [-0.3, -0.25) is 14.5 Å². The normalized spacial score (nSPS) is 22.7. The van der Waals surface area contributed by atoms with Gasteiger partial charge in [0, 0.05) is 6.54 Å². The number of halogens is 1. The average Bonchev–Trinajstić information content (AvgIpc) is 3.13. The number of nitrogens with two attached hydrogens (primary N) is 2. The van der Waals surface area contributed by atoms with E-state index in [0.29, 0.717) is 12.8 Å². The van der Waals surface area contributed by atoms with E-state index in [9.17, 15) is 29.0 Å². The second-order valence-electron chi connectivity index (χ2n) is 7.32. The Balaban J connectivity index is 2.32. The molecule has 6 N–H and O–H groups in total. The summed E-state index contributed by atoms with van der Waals surface area (Å²) in [5.41, 5.74) is 9.79. The summed E-state index contributed by atoms with van der Waals surface area (Å²) in [6.45, 7) is 0.0606. The van der Waals surface area contributed by atoms with Gasteiger partial charge in [-0.2, -0.15) is 0 Å². The fourth-order valence-corrected chi connectivity index (χ4v) is 4.00. The minimum absolute atomic E-state index is 0.0409. The van der Waals surface area contributed by atoms with Gasteiger partial charge in [0.15, 0.2) is 11.3 Å². The first-order valence-electron chi connectivity index (χ1n) is 9.66. The maximum absolute atomic E-state index is 14.2. The minimum atomic E-state index is -2.15. The molecule has 2 rings (SSSR count). The van der Waals surface area contributed by atoms with E-state index in [4.69, 9.17) is 11.5 Å². The fourth-order valence-electron chi connectivity index (χ4n) is 4.00. The van der Waals surface area contributed by atoms with E-state index in [1.807, 2.05) is 30.3 Å². The highest BCUT2D eigenvalue weighted by Gasteiger charge is 2.58. The average molecular weight is 409 g/mol. The smallest absolute Gasteiger partial charge is 0.332 e. The lowest BCUT2D eigenvalue weighted by atomic mass is 9.83. The first-order chi connectivity index (χ1) is 13.8. The van der Waals surface area contributed by atoms with Crippen molar-refractivity contribution in [3.05, 3.63) is 35.9 Å². The van der Waals surface area contributed by atoms with Crippen LogP contribution in [0.4, 0.5) is 4.39 Å². The van der Waals surface area contributed by atoms with Crippen molar-refractivity contribution in [2.24, 2.45) is 11.5 Å². The number of likely N-dealkylation sites (tertiary alicyclic amines) is 1. The van der Waals surface area contributed by atoms with Gasteiger partial charge in [0.1, 0.15) is 12.2 Å². The van der Waals surface area contributed by atoms with Crippen molar-refractivity contribution < 1.29 is 29.0 Å². The monoisotopic (exact) mass is 409 g/mol. The van der Waals surface area contributed by atoms with E-state index in [2.05, 4.69) is 0 Å². The number of nitrogens with zero attached hydrogens (tertiary/aromatic N) is 1. The van der Waals surface area contributed by atoms with Crippen LogP contribution in [0.5, 0.6) is 0 Å². The summed E-state index contributed by atoms with van der Waals surface area (Å²) in [6, 6.07) is 6.27. The van der Waals surface area contributed by atoms with Gasteiger partial charge in [-0.05, 0) is 44.2 Å². The molecule has 1 unspecified atom stereocenters. The zero-order chi connectivity index (χ0) is 21.6. The molecule has 0 radical (unpaired) electrons. The van der Waals surface area contributed by atoms with Crippen LogP contribution in [-0.4, -0.2) is 69.7 Å². The van der Waals surface area contributed by atoms with Crippen LogP contribution in [0.1, 0.15) is 31.2 Å². The van der Waals surface area contributed by atoms with Crippen molar-refractivity contribution in [2.45, 2.75) is 55.9 Å². The molecule has 0 saturated carbocycles. The molecule has 0 amide bonds. The minimum Gasteiger partial charge on any atom is -0.480 e. The van der Waals surface area contributed by atoms with Crippen LogP contribution < -0.4 is 11.5 Å². The summed E-state index contributed by atoms with van der Waals surface area (Å²) in [7, 11) is 0. The lowest BCUT2D eigenvalue weighted by Crippen LogP contribution is -2.66. The zero-order valence-electron chi connectivity index (χ0n) is 16.2. The molecule has 1 saturated heterocycles. The molecule has 8 nitrogen and oxygen atoms in total. The zero-order valence-corrected chi connectivity index (χ0v) is 16.2. The summed E-state index contributed by atoms with van der Waals surface area (Å²) in [6.07, 6.45) is -1.28. The van der Waals surface area contributed by atoms with E-state index in [1.54, 1.807) is 0 Å². The van der Waals surface area contributed by atoms with Crippen LogP contribution in [-0.2, 0) is 20.8 Å². The van der Waals surface area contributed by atoms with Gasteiger partial charge in [-0.1, -0.05) is 30.3 Å². The molecular weight excluding hydrogens is 381 g/mol. The second kappa shape index (κ2) is 9.91. The molecule has 160 valence electrons. The van der Waals surface area contributed by atoms with E-state index in [1.165, 1.54) is 4.90 Å². The molecule has 1 fully saturated rings. The molecular formula is C20H28FN3O5. The van der Waals surface area contributed by atoms with Crippen molar-refractivity contribution in [3.63, 3.8) is 0 Å². The molecule has 0 aliphatic carbocycles. The first kappa shape index (κ1) is 22.9. The Morgan fingerprint density at radius 2 is 1.83 bits per heavy atom. The number of alkyl halides is 1. The lowest BCUT2D eigenvalue weighted by molar-refractivity contribution is -0.162. The van der Waals surface area contributed by atoms with Crippen LogP contribution in [0, 0.1) is 0 Å². The number of hydrogen-bond donors (Lipinski definition) is 4. The maximum atomic E-state index is 14.2. The molecule has 1 heterocycles. The van der Waals surface area contributed by atoms with Crippen molar-refractivity contribution in [1.82, 2.24) is 4.90 Å². The van der Waals surface area contributed by atoms with Crippen LogP contribution >= 0.6 is 0 Å². The topological polar surface area (TPSA) is 147 Å². The number of aryl methyl sites for hydroxylation is 1. The van der Waals surface area contributed by atoms with E-state index < -0.39 is 41.5 Å². The molecule has 0 bridgehead atoms. The number of carboxylic acid groups (broad SMARTS) is 2. The van der Waals surface area contributed by atoms with Gasteiger partial charge in [-0.25, -0.2) is 9.18 Å². The number of benzene rings is 1. The van der Waals surface area contributed by atoms with Gasteiger partial charge in [0.25, 0.3) is 0 Å². The number of aliphatic carboxylic acids is 2. The molecule has 9 heteroatoms. The Labute approximate surface area is 168 Å². The van der Waals surface area contributed by atoms with E-state index >= 15 is 0 Å². The molecule has 29 heavy (non-hydrogen) atoms. The van der Waals surface area contributed by atoms with Crippen molar-refractivity contribution in [2.75, 3.05) is 13.1 Å². The largest absolute Gasteiger partial charge is 0.480 e. The van der Waals surface area contributed by atoms with E-state index in [-0.39, 0.29) is 32.4 Å². The lowest BCUT2D eigenvalue weighted by Gasteiger charge is -2.38. The van der Waals surface area contributed by atoms with Gasteiger partial charge in [-0.15, -0.1) is 0 Å². The summed E-state index contributed by atoms with van der Waals surface area (Å²) in [5, 5.41) is 19.7. The molecule has 4 atom stereocenters. The SMILES string of the molecule is NCCC(F)[C@H](N)C(=O)[C@@]1(C(=O)O)CCCN1[C@@H](CCc1ccccc1)C(=O)O. The van der Waals surface area contributed by atoms with Crippen molar-refractivity contribution in [3.8, 4) is 0 Å². The quantitative estimate of drug-likeness (QED) is 0.388. The third-order valence-corrected chi connectivity index (χ3v) is 5.53. The Morgan fingerprint density at radius 1 is 1.17 bits per heavy atom. The van der Waals surface area contributed by atoms with Crippen LogP contribution in [0.2, 0.25) is 0 Å². The molecule has 1 aliphatic heterocycles. The van der Waals surface area contributed by atoms with Crippen LogP contribution in [0.3, 0.4) is 0 Å². The first-order valence-corrected chi connectivity index (χ1v) is 9.66. The summed E-state index contributed by atoms with van der Waals surface area (Å²) in [5.74, 6) is -3.73. The fraction of sp³-hybridized carbons (Fsp3) is 0.550. The third kappa shape index (κ3) is 4.80. The standard InChI is InChI=1S/C20H28FN3O5/c21-14(9-11-22)16(23)17(25)20(19(28)29)10-4-12-24(20)15(18(26)27)8-7-13-5-2-1-3-6-13/h1-3,5-6,14-16H,4,7-12,22-23H2,(H,26,27)(H,28,29)/t14?,15-,16-,20+/m0/s1. The van der Waals surface area contributed by atoms with Gasteiger partial charge in [0.2, 0.25) is 0 Å². The van der Waals surface area contributed by atoms with Gasteiger partial charge in [0.05, 0.1) is 6.04 Å². The summed E-state index contributed by atoms with van der Waals surface area (Å²) >= 11 is 0. The van der Waals surface area contributed by atoms with Crippen LogP contribution in [0.15, 0.2) is 30.3 Å². The van der Waals surface area contributed by atoms with E-state index in [0.717, 1.165) is 5.56 Å². The number of carbonyl (C=O) groups excluding carboxylic acids is 1. The van der Waals surface area contributed by atoms with Crippen molar-refractivity contribution >= 4 is 17.7 Å². The number of hydrogen-bond acceptors (Lipinski definition) is 6. The molecule has 0 spiro atoms. The predicted molar refractivity (Wildman–Crippen MR) is 104 cm³/mol. The number of ketones is 1. The predicted octanol–water partition coefficient (Wildman–Crippen LogP) is 0.575. The number of rotatable bonds is 11. The number of Topliss-reactive ketones (excluding diaryl/α,β-unsaturated/α-hetero) is 1. The highest BCUT2D eigenvalue weighted by molar-refractivity contribution is 6.11. The van der Waals surface area contributed by atoms with Gasteiger partial charge < -0.3 is 21.7 Å².